The number of amides is 2. The first kappa shape index (κ1) is 14.0. The van der Waals surface area contributed by atoms with Crippen molar-refractivity contribution in [3.05, 3.63) is 23.8 Å². The predicted octanol–water partition coefficient (Wildman–Crippen LogP) is 1.68. The molecule has 1 saturated heterocycles. The van der Waals surface area contributed by atoms with Gasteiger partial charge < -0.3 is 9.84 Å². The summed E-state index contributed by atoms with van der Waals surface area (Å²) < 4.78 is 4.97. The quantitative estimate of drug-likeness (QED) is 0.850. The molecule has 0 saturated carbocycles. The van der Waals surface area contributed by atoms with Crippen molar-refractivity contribution in [2.45, 2.75) is 19.8 Å². The molecular weight excluding hydrogens is 262 g/mol. The van der Waals surface area contributed by atoms with Crippen LogP contribution < -0.4 is 9.64 Å². The van der Waals surface area contributed by atoms with Crippen molar-refractivity contribution in [1.82, 2.24) is 0 Å². The van der Waals surface area contributed by atoms with Gasteiger partial charge in [-0.25, -0.2) is 9.69 Å². The van der Waals surface area contributed by atoms with Crippen LogP contribution in [0.5, 0.6) is 5.75 Å². The second-order valence-electron chi connectivity index (χ2n) is 4.82. The maximum atomic E-state index is 12.0. The molecular formula is C14H15NO5. The molecule has 1 fully saturated rings. The van der Waals surface area contributed by atoms with Gasteiger partial charge in [0.05, 0.1) is 18.4 Å². The number of hydrogen-bond acceptors (Lipinski definition) is 4. The molecule has 0 atom stereocenters. The SMILES string of the molecule is COc1ccc(N2C(=O)CC(C)CC2=O)c(C(=O)O)c1. The molecule has 0 aromatic heterocycles. The van der Waals surface area contributed by atoms with Crippen molar-refractivity contribution >= 4 is 23.5 Å². The van der Waals surface area contributed by atoms with Gasteiger partial charge in [0.15, 0.2) is 0 Å². The number of methoxy groups -OCH3 is 1. The summed E-state index contributed by atoms with van der Waals surface area (Å²) in [5, 5.41) is 9.24. The third-order valence-corrected chi connectivity index (χ3v) is 3.22. The molecule has 2 amide bonds. The normalized spacial score (nSPS) is 16.4. The highest BCUT2D eigenvalue weighted by Crippen LogP contribution is 2.30. The minimum absolute atomic E-state index is 0.0159. The van der Waals surface area contributed by atoms with Gasteiger partial charge in [0.25, 0.3) is 0 Å². The van der Waals surface area contributed by atoms with Crippen molar-refractivity contribution in [2.75, 3.05) is 12.0 Å². The third kappa shape index (κ3) is 2.49. The Balaban J connectivity index is 2.48. The maximum absolute atomic E-state index is 12.0. The van der Waals surface area contributed by atoms with E-state index in [2.05, 4.69) is 0 Å². The largest absolute Gasteiger partial charge is 0.497 e. The number of rotatable bonds is 3. The van der Waals surface area contributed by atoms with Crippen LogP contribution >= 0.6 is 0 Å². The van der Waals surface area contributed by atoms with Crippen LogP contribution in [0.1, 0.15) is 30.1 Å². The summed E-state index contributed by atoms with van der Waals surface area (Å²) in [7, 11) is 1.42. The second kappa shape index (κ2) is 5.32. The van der Waals surface area contributed by atoms with E-state index in [1.807, 2.05) is 6.92 Å². The lowest BCUT2D eigenvalue weighted by atomic mass is 9.96. The van der Waals surface area contributed by atoms with Gasteiger partial charge in [-0.2, -0.15) is 0 Å². The van der Waals surface area contributed by atoms with E-state index in [1.165, 1.54) is 25.3 Å². The Bertz CT molecular complexity index is 563. The van der Waals surface area contributed by atoms with E-state index in [0.29, 0.717) is 5.75 Å². The summed E-state index contributed by atoms with van der Waals surface area (Å²) in [6.45, 7) is 1.82. The fourth-order valence-corrected chi connectivity index (χ4v) is 2.27. The van der Waals surface area contributed by atoms with Gasteiger partial charge in [0.1, 0.15) is 5.75 Å². The van der Waals surface area contributed by atoms with Crippen LogP contribution in [0, 0.1) is 5.92 Å². The number of anilines is 1. The van der Waals surface area contributed by atoms with Crippen LogP contribution in [-0.2, 0) is 9.59 Å². The average Bonchev–Trinajstić information content (AvgIpc) is 2.37. The van der Waals surface area contributed by atoms with Crippen molar-refractivity contribution < 1.29 is 24.2 Å². The van der Waals surface area contributed by atoms with E-state index >= 15 is 0 Å². The monoisotopic (exact) mass is 277 g/mol. The number of carbonyl (C=O) groups excluding carboxylic acids is 2. The Labute approximate surface area is 115 Å². The minimum atomic E-state index is -1.21. The molecule has 20 heavy (non-hydrogen) atoms. The number of aromatic carboxylic acids is 1. The van der Waals surface area contributed by atoms with Crippen LogP contribution in [-0.4, -0.2) is 30.0 Å². The zero-order valence-corrected chi connectivity index (χ0v) is 11.3. The number of carboxylic acids is 1. The van der Waals surface area contributed by atoms with E-state index in [-0.39, 0.29) is 41.8 Å². The Morgan fingerprint density at radius 2 is 1.90 bits per heavy atom. The second-order valence-corrected chi connectivity index (χ2v) is 4.82. The van der Waals surface area contributed by atoms with Crippen molar-refractivity contribution in [2.24, 2.45) is 5.92 Å². The van der Waals surface area contributed by atoms with Gasteiger partial charge in [-0.05, 0) is 24.1 Å². The van der Waals surface area contributed by atoms with Crippen LogP contribution in [0.4, 0.5) is 5.69 Å². The summed E-state index contributed by atoms with van der Waals surface area (Å²) in [4.78, 5) is 36.3. The summed E-state index contributed by atoms with van der Waals surface area (Å²) in [5.74, 6) is -1.62. The summed E-state index contributed by atoms with van der Waals surface area (Å²) >= 11 is 0. The van der Waals surface area contributed by atoms with Gasteiger partial charge in [0.2, 0.25) is 11.8 Å². The number of ether oxygens (including phenoxy) is 1. The molecule has 6 heteroatoms. The molecule has 2 rings (SSSR count). The van der Waals surface area contributed by atoms with Crippen LogP contribution in [0.15, 0.2) is 18.2 Å². The van der Waals surface area contributed by atoms with E-state index < -0.39 is 5.97 Å². The Morgan fingerprint density at radius 3 is 2.40 bits per heavy atom. The van der Waals surface area contributed by atoms with Gasteiger partial charge in [-0.15, -0.1) is 0 Å². The van der Waals surface area contributed by atoms with E-state index in [0.717, 1.165) is 4.90 Å². The molecule has 106 valence electrons. The minimum Gasteiger partial charge on any atom is -0.497 e. The Morgan fingerprint density at radius 1 is 1.30 bits per heavy atom. The molecule has 1 aliphatic rings. The fraction of sp³-hybridized carbons (Fsp3) is 0.357. The van der Waals surface area contributed by atoms with Gasteiger partial charge in [0, 0.05) is 12.8 Å². The molecule has 1 aliphatic heterocycles. The van der Waals surface area contributed by atoms with E-state index in [1.54, 1.807) is 0 Å². The first-order valence-electron chi connectivity index (χ1n) is 6.21. The van der Waals surface area contributed by atoms with Crippen molar-refractivity contribution in [3.63, 3.8) is 0 Å². The maximum Gasteiger partial charge on any atom is 0.337 e. The first-order chi connectivity index (χ1) is 9.43. The molecule has 1 heterocycles. The molecule has 0 aliphatic carbocycles. The Hall–Kier alpha value is -2.37. The highest BCUT2D eigenvalue weighted by atomic mass is 16.5. The van der Waals surface area contributed by atoms with Gasteiger partial charge >= 0.3 is 5.97 Å². The number of benzene rings is 1. The molecule has 1 aromatic carbocycles. The summed E-state index contributed by atoms with van der Waals surface area (Å²) in [5.41, 5.74) is -0.0270. The topological polar surface area (TPSA) is 83.9 Å². The van der Waals surface area contributed by atoms with Crippen LogP contribution in [0.25, 0.3) is 0 Å². The zero-order chi connectivity index (χ0) is 14.9. The molecule has 1 N–H and O–H groups in total. The van der Waals surface area contributed by atoms with E-state index in [4.69, 9.17) is 4.74 Å². The lowest BCUT2D eigenvalue weighted by Crippen LogP contribution is -2.43. The molecule has 0 unspecified atom stereocenters. The summed E-state index contributed by atoms with van der Waals surface area (Å²) in [6, 6.07) is 4.25. The van der Waals surface area contributed by atoms with E-state index in [9.17, 15) is 19.5 Å². The lowest BCUT2D eigenvalue weighted by Gasteiger charge is -2.29. The predicted molar refractivity (Wildman–Crippen MR) is 70.8 cm³/mol. The molecule has 6 nitrogen and oxygen atoms in total. The number of imide groups is 1. The molecule has 0 bridgehead atoms. The Kier molecular flexibility index (Phi) is 3.74. The highest BCUT2D eigenvalue weighted by molar-refractivity contribution is 6.19. The first-order valence-corrected chi connectivity index (χ1v) is 6.21. The van der Waals surface area contributed by atoms with Crippen molar-refractivity contribution in [3.8, 4) is 5.75 Å². The lowest BCUT2D eigenvalue weighted by molar-refractivity contribution is -0.130. The highest BCUT2D eigenvalue weighted by Gasteiger charge is 2.33. The number of nitrogens with zero attached hydrogens (tertiary/aromatic N) is 1. The van der Waals surface area contributed by atoms with Crippen molar-refractivity contribution in [1.29, 1.82) is 0 Å². The average molecular weight is 277 g/mol. The molecule has 0 radical (unpaired) electrons. The van der Waals surface area contributed by atoms with Crippen LogP contribution in [0.2, 0.25) is 0 Å². The standard InChI is InChI=1S/C14H15NO5/c1-8-5-12(16)15(13(17)6-8)11-4-3-9(20-2)7-10(11)14(18)19/h3-4,7-8H,5-6H2,1-2H3,(H,18,19). The fourth-order valence-electron chi connectivity index (χ4n) is 2.27. The smallest absolute Gasteiger partial charge is 0.337 e. The number of carboxylic acid groups (broad SMARTS) is 1. The third-order valence-electron chi connectivity index (χ3n) is 3.22. The molecule has 1 aromatic rings. The van der Waals surface area contributed by atoms with Gasteiger partial charge in [-0.3, -0.25) is 9.59 Å². The number of carbonyl (C=O) groups is 3. The molecule has 0 spiro atoms. The van der Waals surface area contributed by atoms with Gasteiger partial charge in [-0.1, -0.05) is 6.92 Å². The zero-order valence-electron chi connectivity index (χ0n) is 11.3. The number of piperidine rings is 1. The summed E-state index contributed by atoms with van der Waals surface area (Å²) in [6.07, 6.45) is 0.466. The van der Waals surface area contributed by atoms with Crippen LogP contribution in [0.3, 0.4) is 0 Å². The number of hydrogen-bond donors (Lipinski definition) is 1.